The summed E-state index contributed by atoms with van der Waals surface area (Å²) in [6.07, 6.45) is 4.18. The molecule has 1 aliphatic rings. The van der Waals surface area contributed by atoms with Crippen LogP contribution in [0.15, 0.2) is 42.0 Å². The Labute approximate surface area is 162 Å². The number of thiazole rings is 1. The minimum absolute atomic E-state index is 0.000382. The van der Waals surface area contributed by atoms with Gasteiger partial charge >= 0.3 is 0 Å². The molecule has 27 heavy (non-hydrogen) atoms. The summed E-state index contributed by atoms with van der Waals surface area (Å²) in [5.74, 6) is -0.000382. The van der Waals surface area contributed by atoms with Crippen LogP contribution in [0.3, 0.4) is 0 Å². The average molecular weight is 385 g/mol. The van der Waals surface area contributed by atoms with Crippen LogP contribution in [-0.4, -0.2) is 53.0 Å². The Morgan fingerprint density at radius 2 is 2.07 bits per heavy atom. The van der Waals surface area contributed by atoms with E-state index in [9.17, 15) is 4.79 Å². The van der Waals surface area contributed by atoms with Gasteiger partial charge in [-0.3, -0.25) is 14.1 Å². The average Bonchev–Trinajstić information content (AvgIpc) is 3.24. The highest BCUT2D eigenvalue weighted by Crippen LogP contribution is 2.17. The summed E-state index contributed by atoms with van der Waals surface area (Å²) in [6.45, 7) is 6.16. The number of amides is 1. The van der Waals surface area contributed by atoms with Gasteiger partial charge in [-0.05, 0) is 12.5 Å². The maximum atomic E-state index is 12.7. The van der Waals surface area contributed by atoms with Crippen LogP contribution < -0.4 is 5.32 Å². The summed E-state index contributed by atoms with van der Waals surface area (Å²) in [6, 6.07) is 8.36. The van der Waals surface area contributed by atoms with Crippen LogP contribution in [0.2, 0.25) is 0 Å². The van der Waals surface area contributed by atoms with Gasteiger partial charge in [0.05, 0.1) is 31.4 Å². The quantitative estimate of drug-likeness (QED) is 0.709. The fourth-order valence-electron chi connectivity index (χ4n) is 3.35. The van der Waals surface area contributed by atoms with Gasteiger partial charge in [0.2, 0.25) is 5.91 Å². The molecular weight excluding hydrogens is 360 g/mol. The fourth-order valence-corrected chi connectivity index (χ4v) is 4.07. The van der Waals surface area contributed by atoms with E-state index in [0.29, 0.717) is 6.42 Å². The number of morpholine rings is 1. The Morgan fingerprint density at radius 3 is 2.81 bits per heavy atom. The third kappa shape index (κ3) is 4.55. The van der Waals surface area contributed by atoms with Crippen molar-refractivity contribution < 1.29 is 9.53 Å². The molecule has 1 atom stereocenters. The minimum Gasteiger partial charge on any atom is -0.379 e. The molecule has 1 aromatic carbocycles. The van der Waals surface area contributed by atoms with Crippen molar-refractivity contribution in [2.75, 3.05) is 32.8 Å². The van der Waals surface area contributed by atoms with E-state index in [1.807, 2.05) is 22.2 Å². The van der Waals surface area contributed by atoms with Crippen molar-refractivity contribution in [1.82, 2.24) is 19.6 Å². The van der Waals surface area contributed by atoms with E-state index >= 15 is 0 Å². The molecule has 0 bridgehead atoms. The first kappa shape index (κ1) is 18.2. The van der Waals surface area contributed by atoms with E-state index in [-0.39, 0.29) is 11.9 Å². The number of benzene rings is 1. The molecule has 6 nitrogen and oxygen atoms in total. The number of nitrogens with one attached hydrogen (secondary N) is 1. The topological polar surface area (TPSA) is 58.9 Å². The molecule has 3 aromatic rings. The molecule has 1 aliphatic heterocycles. The van der Waals surface area contributed by atoms with E-state index in [0.717, 1.165) is 49.1 Å². The molecule has 2 aromatic heterocycles. The van der Waals surface area contributed by atoms with Crippen molar-refractivity contribution in [2.24, 2.45) is 0 Å². The first-order valence-corrected chi connectivity index (χ1v) is 10.1. The lowest BCUT2D eigenvalue weighted by Crippen LogP contribution is -2.43. The first-order chi connectivity index (χ1) is 13.2. The van der Waals surface area contributed by atoms with Gasteiger partial charge in [-0.2, -0.15) is 0 Å². The zero-order chi connectivity index (χ0) is 18.6. The second-order valence-corrected chi connectivity index (χ2v) is 7.82. The van der Waals surface area contributed by atoms with Crippen LogP contribution in [0.4, 0.5) is 0 Å². The van der Waals surface area contributed by atoms with Crippen LogP contribution >= 0.6 is 11.3 Å². The zero-order valence-corrected chi connectivity index (χ0v) is 16.2. The van der Waals surface area contributed by atoms with E-state index in [1.54, 1.807) is 11.3 Å². The van der Waals surface area contributed by atoms with Crippen molar-refractivity contribution in [1.29, 1.82) is 0 Å². The molecule has 0 aliphatic carbocycles. The van der Waals surface area contributed by atoms with Gasteiger partial charge in [-0.15, -0.1) is 11.3 Å². The fraction of sp³-hybridized carbons (Fsp3) is 0.400. The highest BCUT2D eigenvalue weighted by atomic mass is 32.1. The molecule has 1 amide bonds. The maximum absolute atomic E-state index is 12.7. The number of aromatic nitrogens is 2. The monoisotopic (exact) mass is 384 g/mol. The molecule has 142 valence electrons. The largest absolute Gasteiger partial charge is 0.379 e. The third-order valence-corrected chi connectivity index (χ3v) is 5.61. The minimum atomic E-state index is -0.0417. The molecule has 4 rings (SSSR count). The normalized spacial score (nSPS) is 16.5. The summed E-state index contributed by atoms with van der Waals surface area (Å²) >= 11 is 1.57. The van der Waals surface area contributed by atoms with Gasteiger partial charge in [-0.25, -0.2) is 4.98 Å². The molecule has 0 radical (unpaired) electrons. The number of ether oxygens (including phenoxy) is 1. The molecule has 0 spiro atoms. The number of hydrogen-bond donors (Lipinski definition) is 1. The number of rotatable bonds is 6. The Balaban J connectivity index is 1.45. The lowest BCUT2D eigenvalue weighted by atomic mass is 10.0. The second-order valence-electron chi connectivity index (χ2n) is 6.95. The van der Waals surface area contributed by atoms with Gasteiger partial charge in [0.15, 0.2) is 4.96 Å². The van der Waals surface area contributed by atoms with Crippen molar-refractivity contribution in [3.63, 3.8) is 0 Å². The SMILES string of the molecule is Cc1ccc([C@H](CN2CCOCC2)NC(=O)Cc2cn3ccsc3n2)cc1. The molecule has 0 unspecified atom stereocenters. The van der Waals surface area contributed by atoms with Crippen LogP contribution in [0.25, 0.3) is 4.96 Å². The van der Waals surface area contributed by atoms with Crippen LogP contribution in [-0.2, 0) is 16.0 Å². The summed E-state index contributed by atoms with van der Waals surface area (Å²) in [5.41, 5.74) is 3.15. The molecule has 1 saturated heterocycles. The first-order valence-electron chi connectivity index (χ1n) is 9.24. The van der Waals surface area contributed by atoms with Crippen molar-refractivity contribution in [3.8, 4) is 0 Å². The smallest absolute Gasteiger partial charge is 0.226 e. The van der Waals surface area contributed by atoms with Gasteiger partial charge in [0, 0.05) is 37.4 Å². The Kier molecular flexibility index (Phi) is 5.52. The van der Waals surface area contributed by atoms with Crippen LogP contribution in [0.5, 0.6) is 0 Å². The Hall–Kier alpha value is -2.22. The number of imidazole rings is 1. The number of carbonyl (C=O) groups is 1. The number of hydrogen-bond acceptors (Lipinski definition) is 5. The van der Waals surface area contributed by atoms with Crippen molar-refractivity contribution in [3.05, 3.63) is 58.9 Å². The Morgan fingerprint density at radius 1 is 1.30 bits per heavy atom. The molecule has 1 fully saturated rings. The zero-order valence-electron chi connectivity index (χ0n) is 15.4. The highest BCUT2D eigenvalue weighted by Gasteiger charge is 2.21. The predicted molar refractivity (Wildman–Crippen MR) is 106 cm³/mol. The number of fused-ring (bicyclic) bond motifs is 1. The summed E-state index contributed by atoms with van der Waals surface area (Å²) < 4.78 is 7.40. The van der Waals surface area contributed by atoms with E-state index < -0.39 is 0 Å². The number of aryl methyl sites for hydroxylation is 1. The molecular formula is C20H24N4O2S. The molecule has 1 N–H and O–H groups in total. The molecule has 3 heterocycles. The Bertz CT molecular complexity index is 868. The van der Waals surface area contributed by atoms with Gasteiger partial charge in [-0.1, -0.05) is 29.8 Å². The van der Waals surface area contributed by atoms with E-state index in [1.165, 1.54) is 5.56 Å². The van der Waals surface area contributed by atoms with Crippen molar-refractivity contribution >= 4 is 22.2 Å². The van der Waals surface area contributed by atoms with Crippen LogP contribution in [0, 0.1) is 6.92 Å². The standard InChI is InChI=1S/C20H24N4O2S/c1-15-2-4-16(5-3-15)18(14-23-6-9-26-10-7-23)22-19(25)12-17-13-24-8-11-27-20(24)21-17/h2-5,8,11,13,18H,6-7,9-10,12,14H2,1H3,(H,22,25)/t18-/m0/s1. The predicted octanol–water partition coefficient (Wildman–Crippen LogP) is 2.44. The summed E-state index contributed by atoms with van der Waals surface area (Å²) in [5, 5.41) is 5.21. The van der Waals surface area contributed by atoms with E-state index in [2.05, 4.69) is 46.4 Å². The van der Waals surface area contributed by atoms with E-state index in [4.69, 9.17) is 4.74 Å². The summed E-state index contributed by atoms with van der Waals surface area (Å²) in [7, 11) is 0. The third-order valence-electron chi connectivity index (χ3n) is 4.84. The van der Waals surface area contributed by atoms with Crippen LogP contribution in [0.1, 0.15) is 22.9 Å². The number of nitrogens with zero attached hydrogens (tertiary/aromatic N) is 3. The summed E-state index contributed by atoms with van der Waals surface area (Å²) in [4.78, 5) is 20.5. The van der Waals surface area contributed by atoms with Gasteiger partial charge in [0.25, 0.3) is 0 Å². The van der Waals surface area contributed by atoms with Gasteiger partial charge < -0.3 is 10.1 Å². The second kappa shape index (κ2) is 8.21. The highest BCUT2D eigenvalue weighted by molar-refractivity contribution is 7.15. The maximum Gasteiger partial charge on any atom is 0.226 e. The lowest BCUT2D eigenvalue weighted by Gasteiger charge is -2.31. The van der Waals surface area contributed by atoms with Crippen molar-refractivity contribution in [2.45, 2.75) is 19.4 Å². The van der Waals surface area contributed by atoms with Gasteiger partial charge in [0.1, 0.15) is 0 Å². The number of carbonyl (C=O) groups excluding carboxylic acids is 1. The molecule has 7 heteroatoms. The lowest BCUT2D eigenvalue weighted by molar-refractivity contribution is -0.121. The molecule has 0 saturated carbocycles.